The molecule has 1 unspecified atom stereocenters. The fourth-order valence-corrected chi connectivity index (χ4v) is 1.88. The van der Waals surface area contributed by atoms with Crippen LogP contribution < -0.4 is 5.32 Å². The van der Waals surface area contributed by atoms with Gasteiger partial charge in [-0.25, -0.2) is 0 Å². The van der Waals surface area contributed by atoms with Crippen molar-refractivity contribution in [2.24, 2.45) is 5.92 Å². The van der Waals surface area contributed by atoms with Crippen LogP contribution in [0.15, 0.2) is 18.2 Å². The molecule has 0 fully saturated rings. The number of ether oxygens (including phenoxy) is 1. The van der Waals surface area contributed by atoms with E-state index in [4.69, 9.17) is 0 Å². The first kappa shape index (κ1) is 14.2. The van der Waals surface area contributed by atoms with Gasteiger partial charge in [0, 0.05) is 5.69 Å². The number of hydrogen-bond acceptors (Lipinski definition) is 3. The number of carbonyl (C=O) groups excluding carboxylic acids is 2. The molecule has 4 nitrogen and oxygen atoms in total. The summed E-state index contributed by atoms with van der Waals surface area (Å²) in [4.78, 5) is 23.4. The van der Waals surface area contributed by atoms with E-state index in [0.29, 0.717) is 12.1 Å². The molecule has 4 heteroatoms. The van der Waals surface area contributed by atoms with Gasteiger partial charge in [-0.3, -0.25) is 9.59 Å². The third kappa shape index (κ3) is 3.58. The van der Waals surface area contributed by atoms with E-state index in [1.165, 1.54) is 7.11 Å². The third-order valence-electron chi connectivity index (χ3n) is 2.70. The molecule has 0 heterocycles. The average Bonchev–Trinajstić information content (AvgIpc) is 2.28. The lowest BCUT2D eigenvalue weighted by Gasteiger charge is -2.13. The second-order valence-electron chi connectivity index (χ2n) is 4.35. The molecule has 0 spiro atoms. The van der Waals surface area contributed by atoms with Gasteiger partial charge in [-0.2, -0.15) is 0 Å². The standard InChI is InChI=1S/C14H19NO3/c1-5-12(14(17)18-4)13(16)15-11-7-9(2)6-10(3)8-11/h6-8,12H,5H2,1-4H3,(H,15,16). The molecule has 1 aromatic carbocycles. The Bertz CT molecular complexity index is 434. The van der Waals surface area contributed by atoms with E-state index in [0.717, 1.165) is 11.1 Å². The van der Waals surface area contributed by atoms with Crippen molar-refractivity contribution in [3.63, 3.8) is 0 Å². The minimum Gasteiger partial charge on any atom is -0.468 e. The van der Waals surface area contributed by atoms with Crippen molar-refractivity contribution in [3.8, 4) is 0 Å². The summed E-state index contributed by atoms with van der Waals surface area (Å²) >= 11 is 0. The number of methoxy groups -OCH3 is 1. The van der Waals surface area contributed by atoms with Crippen LogP contribution in [0, 0.1) is 19.8 Å². The van der Waals surface area contributed by atoms with Gasteiger partial charge in [-0.1, -0.05) is 13.0 Å². The molecule has 0 bridgehead atoms. The van der Waals surface area contributed by atoms with Gasteiger partial charge in [0.05, 0.1) is 7.11 Å². The second kappa shape index (κ2) is 6.19. The zero-order valence-electron chi connectivity index (χ0n) is 11.2. The number of hydrogen-bond donors (Lipinski definition) is 1. The Kier molecular flexibility index (Phi) is 4.89. The Balaban J connectivity index is 2.82. The Hall–Kier alpha value is -1.84. The quantitative estimate of drug-likeness (QED) is 0.658. The first-order chi connectivity index (χ1) is 8.47. The summed E-state index contributed by atoms with van der Waals surface area (Å²) in [5.74, 6) is -1.58. The van der Waals surface area contributed by atoms with E-state index in [1.54, 1.807) is 6.92 Å². The highest BCUT2D eigenvalue weighted by molar-refractivity contribution is 6.04. The predicted octanol–water partition coefficient (Wildman–Crippen LogP) is 2.44. The SMILES string of the molecule is CCC(C(=O)Nc1cc(C)cc(C)c1)C(=O)OC. The van der Waals surface area contributed by atoms with Crippen molar-refractivity contribution in [1.29, 1.82) is 0 Å². The maximum Gasteiger partial charge on any atom is 0.318 e. The largest absolute Gasteiger partial charge is 0.468 e. The highest BCUT2D eigenvalue weighted by Gasteiger charge is 2.25. The molecule has 98 valence electrons. The van der Waals surface area contributed by atoms with Crippen LogP contribution in [0.2, 0.25) is 0 Å². The monoisotopic (exact) mass is 249 g/mol. The average molecular weight is 249 g/mol. The van der Waals surface area contributed by atoms with Gasteiger partial charge < -0.3 is 10.1 Å². The minimum absolute atomic E-state index is 0.325. The van der Waals surface area contributed by atoms with E-state index < -0.39 is 11.9 Å². The van der Waals surface area contributed by atoms with Crippen molar-refractivity contribution in [3.05, 3.63) is 29.3 Å². The van der Waals surface area contributed by atoms with Gasteiger partial charge in [0.25, 0.3) is 0 Å². The number of nitrogens with one attached hydrogen (secondary N) is 1. The first-order valence-electron chi connectivity index (χ1n) is 5.95. The van der Waals surface area contributed by atoms with Crippen LogP contribution in [0.3, 0.4) is 0 Å². The molecule has 18 heavy (non-hydrogen) atoms. The van der Waals surface area contributed by atoms with E-state index in [9.17, 15) is 9.59 Å². The van der Waals surface area contributed by atoms with Crippen molar-refractivity contribution in [2.75, 3.05) is 12.4 Å². The maximum atomic E-state index is 12.0. The number of anilines is 1. The molecule has 0 aliphatic carbocycles. The Morgan fingerprint density at radius 3 is 2.22 bits per heavy atom. The lowest BCUT2D eigenvalue weighted by Crippen LogP contribution is -2.30. The van der Waals surface area contributed by atoms with Crippen LogP contribution in [0.5, 0.6) is 0 Å². The molecule has 0 aromatic heterocycles. The van der Waals surface area contributed by atoms with Gasteiger partial charge in [0.15, 0.2) is 0 Å². The van der Waals surface area contributed by atoms with Crippen molar-refractivity contribution >= 4 is 17.6 Å². The number of carbonyl (C=O) groups is 2. The zero-order chi connectivity index (χ0) is 13.7. The Labute approximate surface area is 107 Å². The van der Waals surface area contributed by atoms with Gasteiger partial charge in [0.2, 0.25) is 5.91 Å². The fraction of sp³-hybridized carbons (Fsp3) is 0.429. The molecule has 1 rings (SSSR count). The molecule has 1 amide bonds. The predicted molar refractivity (Wildman–Crippen MR) is 70.3 cm³/mol. The highest BCUT2D eigenvalue weighted by Crippen LogP contribution is 2.16. The third-order valence-corrected chi connectivity index (χ3v) is 2.70. The van der Waals surface area contributed by atoms with Crippen molar-refractivity contribution < 1.29 is 14.3 Å². The fourth-order valence-electron chi connectivity index (χ4n) is 1.88. The Morgan fingerprint density at radius 1 is 1.22 bits per heavy atom. The normalized spacial score (nSPS) is 11.8. The highest BCUT2D eigenvalue weighted by atomic mass is 16.5. The minimum atomic E-state index is -0.754. The molecule has 0 aliphatic rings. The maximum absolute atomic E-state index is 12.0. The number of rotatable bonds is 4. The summed E-state index contributed by atoms with van der Waals surface area (Å²) < 4.78 is 4.61. The number of benzene rings is 1. The zero-order valence-corrected chi connectivity index (χ0v) is 11.2. The van der Waals surface area contributed by atoms with Crippen LogP contribution >= 0.6 is 0 Å². The molecule has 0 aliphatic heterocycles. The summed E-state index contributed by atoms with van der Waals surface area (Å²) in [7, 11) is 1.29. The van der Waals surface area contributed by atoms with E-state index in [2.05, 4.69) is 10.1 Å². The van der Waals surface area contributed by atoms with E-state index in [1.807, 2.05) is 32.0 Å². The van der Waals surface area contributed by atoms with Crippen LogP contribution in [-0.4, -0.2) is 19.0 Å². The van der Waals surface area contributed by atoms with E-state index in [-0.39, 0.29) is 5.91 Å². The summed E-state index contributed by atoms with van der Waals surface area (Å²) in [6.45, 7) is 5.70. The summed E-state index contributed by atoms with van der Waals surface area (Å²) in [6, 6.07) is 5.76. The molecule has 0 saturated heterocycles. The van der Waals surface area contributed by atoms with Gasteiger partial charge in [-0.05, 0) is 43.5 Å². The first-order valence-corrected chi connectivity index (χ1v) is 5.95. The van der Waals surface area contributed by atoms with Crippen molar-refractivity contribution in [2.45, 2.75) is 27.2 Å². The van der Waals surface area contributed by atoms with Crippen LogP contribution in [0.4, 0.5) is 5.69 Å². The van der Waals surface area contributed by atoms with Gasteiger partial charge in [-0.15, -0.1) is 0 Å². The molecular formula is C14H19NO3. The van der Waals surface area contributed by atoms with Gasteiger partial charge in [0.1, 0.15) is 5.92 Å². The molecule has 0 saturated carbocycles. The molecule has 0 radical (unpaired) electrons. The smallest absolute Gasteiger partial charge is 0.318 e. The molecular weight excluding hydrogens is 230 g/mol. The van der Waals surface area contributed by atoms with Crippen molar-refractivity contribution in [1.82, 2.24) is 0 Å². The lowest BCUT2D eigenvalue weighted by molar-refractivity contribution is -0.148. The van der Waals surface area contributed by atoms with Crippen LogP contribution in [0.25, 0.3) is 0 Å². The van der Waals surface area contributed by atoms with Crippen LogP contribution in [0.1, 0.15) is 24.5 Å². The number of aryl methyl sites for hydroxylation is 2. The molecule has 1 N–H and O–H groups in total. The molecule has 1 atom stereocenters. The molecule has 1 aromatic rings. The summed E-state index contributed by atoms with van der Waals surface area (Å²) in [5.41, 5.74) is 2.84. The second-order valence-corrected chi connectivity index (χ2v) is 4.35. The number of amides is 1. The lowest BCUT2D eigenvalue weighted by atomic mass is 10.1. The summed E-state index contributed by atoms with van der Waals surface area (Å²) in [5, 5.41) is 2.75. The summed E-state index contributed by atoms with van der Waals surface area (Å²) in [6.07, 6.45) is 0.420. The Morgan fingerprint density at radius 2 is 1.78 bits per heavy atom. The van der Waals surface area contributed by atoms with Gasteiger partial charge >= 0.3 is 5.97 Å². The van der Waals surface area contributed by atoms with Crippen LogP contribution in [-0.2, 0) is 14.3 Å². The number of esters is 1. The van der Waals surface area contributed by atoms with E-state index >= 15 is 0 Å². The topological polar surface area (TPSA) is 55.4 Å².